The molecule has 84 valence electrons. The van der Waals surface area contributed by atoms with Gasteiger partial charge in [0, 0.05) is 6.54 Å². The van der Waals surface area contributed by atoms with Gasteiger partial charge in [-0.2, -0.15) is 0 Å². The van der Waals surface area contributed by atoms with Crippen molar-refractivity contribution in [1.82, 2.24) is 4.72 Å². The summed E-state index contributed by atoms with van der Waals surface area (Å²) in [4.78, 5) is 0.168. The van der Waals surface area contributed by atoms with Crippen molar-refractivity contribution in [3.05, 3.63) is 24.3 Å². The second-order valence-corrected chi connectivity index (χ2v) is 5.51. The molecular formula is C10H15NO3S. The molecule has 0 saturated carbocycles. The number of phenolic OH excluding ortho intramolecular Hbond substituents is 1. The first-order chi connectivity index (χ1) is 6.92. The second-order valence-electron chi connectivity index (χ2n) is 3.74. The van der Waals surface area contributed by atoms with E-state index in [9.17, 15) is 8.42 Å². The Morgan fingerprint density at radius 3 is 2.27 bits per heavy atom. The van der Waals surface area contributed by atoms with E-state index in [1.807, 2.05) is 13.8 Å². The molecule has 5 heteroatoms. The molecule has 0 unspecified atom stereocenters. The molecule has 0 heterocycles. The van der Waals surface area contributed by atoms with Crippen molar-refractivity contribution in [2.24, 2.45) is 5.92 Å². The third-order valence-electron chi connectivity index (χ3n) is 1.83. The molecule has 0 aliphatic carbocycles. The summed E-state index contributed by atoms with van der Waals surface area (Å²) in [5.74, 6) is 0.315. The van der Waals surface area contributed by atoms with E-state index in [-0.39, 0.29) is 16.6 Å². The first-order valence-corrected chi connectivity index (χ1v) is 6.19. The highest BCUT2D eigenvalue weighted by molar-refractivity contribution is 7.89. The van der Waals surface area contributed by atoms with Crippen molar-refractivity contribution < 1.29 is 13.5 Å². The van der Waals surface area contributed by atoms with Crippen molar-refractivity contribution in [3.8, 4) is 5.75 Å². The van der Waals surface area contributed by atoms with Crippen LogP contribution in [0.2, 0.25) is 0 Å². The molecule has 0 aromatic heterocycles. The predicted octanol–water partition coefficient (Wildman–Crippen LogP) is 1.33. The summed E-state index contributed by atoms with van der Waals surface area (Å²) in [6, 6.07) is 5.45. The Bertz CT molecular complexity index is 409. The van der Waals surface area contributed by atoms with Crippen molar-refractivity contribution in [2.45, 2.75) is 18.7 Å². The first-order valence-electron chi connectivity index (χ1n) is 4.70. The number of phenols is 1. The Hall–Kier alpha value is -1.07. The van der Waals surface area contributed by atoms with E-state index in [1.54, 1.807) is 0 Å². The van der Waals surface area contributed by atoms with Gasteiger partial charge in [-0.1, -0.05) is 13.8 Å². The maximum absolute atomic E-state index is 11.7. The maximum atomic E-state index is 11.7. The SMILES string of the molecule is CC(C)CNS(=O)(=O)c1ccc(O)cc1. The van der Waals surface area contributed by atoms with Crippen LogP contribution in [0.25, 0.3) is 0 Å². The number of hydrogen-bond donors (Lipinski definition) is 2. The van der Waals surface area contributed by atoms with Crippen LogP contribution in [0.1, 0.15) is 13.8 Å². The van der Waals surface area contributed by atoms with Crippen LogP contribution in [-0.4, -0.2) is 20.1 Å². The number of sulfonamides is 1. The van der Waals surface area contributed by atoms with E-state index in [0.29, 0.717) is 6.54 Å². The lowest BCUT2D eigenvalue weighted by molar-refractivity contribution is 0.474. The van der Waals surface area contributed by atoms with E-state index in [2.05, 4.69) is 4.72 Å². The van der Waals surface area contributed by atoms with Gasteiger partial charge in [-0.15, -0.1) is 0 Å². The molecule has 0 bridgehead atoms. The molecule has 0 saturated heterocycles. The average Bonchev–Trinajstić information content (AvgIpc) is 2.16. The third kappa shape index (κ3) is 3.53. The molecule has 0 aliphatic rings. The average molecular weight is 229 g/mol. The number of hydrogen-bond acceptors (Lipinski definition) is 3. The zero-order valence-electron chi connectivity index (χ0n) is 8.77. The van der Waals surface area contributed by atoms with E-state index in [4.69, 9.17) is 5.11 Å². The Morgan fingerprint density at radius 2 is 1.80 bits per heavy atom. The molecule has 1 aromatic carbocycles. The number of aromatic hydroxyl groups is 1. The van der Waals surface area contributed by atoms with Crippen LogP contribution in [0.15, 0.2) is 29.2 Å². The van der Waals surface area contributed by atoms with Gasteiger partial charge in [-0.05, 0) is 30.2 Å². The lowest BCUT2D eigenvalue weighted by atomic mass is 10.2. The van der Waals surface area contributed by atoms with Gasteiger partial charge in [0.2, 0.25) is 10.0 Å². The molecule has 0 amide bonds. The first kappa shape index (κ1) is 12.0. The summed E-state index contributed by atoms with van der Waals surface area (Å²) in [5, 5.41) is 9.03. The molecule has 15 heavy (non-hydrogen) atoms. The molecule has 0 aliphatic heterocycles. The Balaban J connectivity index is 2.82. The number of nitrogens with one attached hydrogen (secondary N) is 1. The van der Waals surface area contributed by atoms with Crippen molar-refractivity contribution in [3.63, 3.8) is 0 Å². The molecule has 0 radical (unpaired) electrons. The molecule has 0 fully saturated rings. The number of rotatable bonds is 4. The Kier molecular flexibility index (Phi) is 3.71. The Labute approximate surface area is 90.0 Å². The summed E-state index contributed by atoms with van der Waals surface area (Å²) in [5.41, 5.74) is 0. The smallest absolute Gasteiger partial charge is 0.240 e. The monoisotopic (exact) mass is 229 g/mol. The second kappa shape index (κ2) is 4.63. The van der Waals surface area contributed by atoms with Crippen LogP contribution in [0.5, 0.6) is 5.75 Å². The van der Waals surface area contributed by atoms with Crippen LogP contribution in [0.3, 0.4) is 0 Å². The van der Waals surface area contributed by atoms with E-state index in [1.165, 1.54) is 24.3 Å². The summed E-state index contributed by atoms with van der Waals surface area (Å²) < 4.78 is 25.8. The van der Waals surface area contributed by atoms with Crippen LogP contribution < -0.4 is 4.72 Å². The summed E-state index contributed by atoms with van der Waals surface area (Å²) >= 11 is 0. The van der Waals surface area contributed by atoms with Gasteiger partial charge in [0.1, 0.15) is 5.75 Å². The lowest BCUT2D eigenvalue weighted by Crippen LogP contribution is -2.27. The fourth-order valence-corrected chi connectivity index (χ4v) is 2.20. The number of benzene rings is 1. The van der Waals surface area contributed by atoms with Gasteiger partial charge in [0.15, 0.2) is 0 Å². The topological polar surface area (TPSA) is 66.4 Å². The minimum Gasteiger partial charge on any atom is -0.508 e. The van der Waals surface area contributed by atoms with Gasteiger partial charge in [0.05, 0.1) is 4.90 Å². The van der Waals surface area contributed by atoms with Gasteiger partial charge >= 0.3 is 0 Å². The molecule has 0 atom stereocenters. The van der Waals surface area contributed by atoms with Gasteiger partial charge in [-0.3, -0.25) is 0 Å². The molecule has 0 spiro atoms. The standard InChI is InChI=1S/C10H15NO3S/c1-8(2)7-11-15(13,14)10-5-3-9(12)4-6-10/h3-6,8,11-12H,7H2,1-2H3. The fraction of sp³-hybridized carbons (Fsp3) is 0.400. The van der Waals surface area contributed by atoms with E-state index >= 15 is 0 Å². The summed E-state index contributed by atoms with van der Waals surface area (Å²) in [7, 11) is -3.43. The third-order valence-corrected chi connectivity index (χ3v) is 3.27. The minimum atomic E-state index is -3.43. The largest absolute Gasteiger partial charge is 0.508 e. The fourth-order valence-electron chi connectivity index (χ4n) is 0.985. The van der Waals surface area contributed by atoms with Gasteiger partial charge in [0.25, 0.3) is 0 Å². The quantitative estimate of drug-likeness (QED) is 0.818. The summed E-state index contributed by atoms with van der Waals surface area (Å²) in [6.07, 6.45) is 0. The molecule has 1 aromatic rings. The highest BCUT2D eigenvalue weighted by atomic mass is 32.2. The zero-order valence-corrected chi connectivity index (χ0v) is 9.58. The van der Waals surface area contributed by atoms with Crippen molar-refractivity contribution >= 4 is 10.0 Å². The molecule has 1 rings (SSSR count). The van der Waals surface area contributed by atoms with E-state index < -0.39 is 10.0 Å². The minimum absolute atomic E-state index is 0.0535. The highest BCUT2D eigenvalue weighted by Crippen LogP contribution is 2.14. The molecule has 2 N–H and O–H groups in total. The molecule has 4 nitrogen and oxygen atoms in total. The zero-order chi connectivity index (χ0) is 11.5. The van der Waals surface area contributed by atoms with Crippen LogP contribution in [-0.2, 0) is 10.0 Å². The lowest BCUT2D eigenvalue weighted by Gasteiger charge is -2.08. The van der Waals surface area contributed by atoms with Gasteiger partial charge in [-0.25, -0.2) is 13.1 Å². The van der Waals surface area contributed by atoms with Crippen molar-refractivity contribution in [2.75, 3.05) is 6.54 Å². The normalized spacial score (nSPS) is 11.9. The van der Waals surface area contributed by atoms with E-state index in [0.717, 1.165) is 0 Å². The van der Waals surface area contributed by atoms with Gasteiger partial charge < -0.3 is 5.11 Å². The highest BCUT2D eigenvalue weighted by Gasteiger charge is 2.13. The van der Waals surface area contributed by atoms with Crippen LogP contribution in [0.4, 0.5) is 0 Å². The maximum Gasteiger partial charge on any atom is 0.240 e. The molecular weight excluding hydrogens is 214 g/mol. The summed E-state index contributed by atoms with van der Waals surface area (Å²) in [6.45, 7) is 4.27. The van der Waals surface area contributed by atoms with Crippen LogP contribution in [0, 0.1) is 5.92 Å². The Morgan fingerprint density at radius 1 is 1.27 bits per heavy atom. The van der Waals surface area contributed by atoms with Crippen LogP contribution >= 0.6 is 0 Å². The predicted molar refractivity (Wildman–Crippen MR) is 58.1 cm³/mol. The van der Waals surface area contributed by atoms with Crippen molar-refractivity contribution in [1.29, 1.82) is 0 Å².